The first-order valence-corrected chi connectivity index (χ1v) is 5.94. The van der Waals surface area contributed by atoms with Crippen LogP contribution in [0.3, 0.4) is 0 Å². The lowest BCUT2D eigenvalue weighted by molar-refractivity contribution is -0.131. The minimum Gasteiger partial charge on any atom is -0.491 e. The van der Waals surface area contributed by atoms with Crippen molar-refractivity contribution >= 4 is 29.6 Å². The number of carboxylic acid groups (broad SMARTS) is 1. The van der Waals surface area contributed by atoms with Crippen molar-refractivity contribution in [3.05, 3.63) is 34.9 Å². The van der Waals surface area contributed by atoms with E-state index in [-0.39, 0.29) is 18.9 Å². The molecule has 1 aromatic rings. The topological polar surface area (TPSA) is 75.6 Å². The summed E-state index contributed by atoms with van der Waals surface area (Å²) in [5.74, 6) is -0.683. The van der Waals surface area contributed by atoms with Crippen LogP contribution in [-0.4, -0.2) is 30.6 Å². The molecule has 0 bridgehead atoms. The molecule has 102 valence electrons. The number of carbonyl (C=O) groups is 2. The molecule has 0 aliphatic rings. The molecule has 6 heteroatoms. The van der Waals surface area contributed by atoms with Crippen molar-refractivity contribution in [1.82, 2.24) is 5.32 Å². The number of carbonyl (C=O) groups excluding carboxylic acids is 1. The van der Waals surface area contributed by atoms with Crippen LogP contribution in [0, 0.1) is 0 Å². The summed E-state index contributed by atoms with van der Waals surface area (Å²) in [4.78, 5) is 21.4. The summed E-state index contributed by atoms with van der Waals surface area (Å²) in [6.45, 7) is 0.226. The molecular weight excluding hydrogens is 270 g/mol. The number of aliphatic carboxylic acids is 1. The van der Waals surface area contributed by atoms with Gasteiger partial charge in [-0.3, -0.25) is 4.79 Å². The Labute approximate surface area is 115 Å². The van der Waals surface area contributed by atoms with Gasteiger partial charge < -0.3 is 15.2 Å². The Morgan fingerprint density at radius 1 is 1.47 bits per heavy atom. The molecule has 0 atom stereocenters. The number of hydrogen-bond acceptors (Lipinski definition) is 3. The highest BCUT2D eigenvalue weighted by Crippen LogP contribution is 2.26. The number of rotatable bonds is 6. The zero-order valence-corrected chi connectivity index (χ0v) is 11.1. The molecule has 2 N–H and O–H groups in total. The first-order chi connectivity index (χ1) is 9.02. The Bertz CT molecular complexity index is 499. The highest BCUT2D eigenvalue weighted by molar-refractivity contribution is 6.32. The van der Waals surface area contributed by atoms with Gasteiger partial charge in [-0.05, 0) is 23.8 Å². The fourth-order valence-electron chi connectivity index (χ4n) is 1.28. The average molecular weight is 284 g/mol. The van der Waals surface area contributed by atoms with Crippen LogP contribution in [0.1, 0.15) is 12.0 Å². The van der Waals surface area contributed by atoms with Crippen LogP contribution in [-0.2, 0) is 9.59 Å². The van der Waals surface area contributed by atoms with Gasteiger partial charge in [0, 0.05) is 13.1 Å². The number of amides is 1. The van der Waals surface area contributed by atoms with Crippen LogP contribution in [0.5, 0.6) is 5.75 Å². The number of halogens is 1. The Morgan fingerprint density at radius 2 is 2.21 bits per heavy atom. The second-order valence-electron chi connectivity index (χ2n) is 3.63. The van der Waals surface area contributed by atoms with Crippen molar-refractivity contribution in [2.24, 2.45) is 0 Å². The lowest BCUT2D eigenvalue weighted by atomic mass is 10.2. The normalized spacial score (nSPS) is 10.4. The molecule has 0 aromatic heterocycles. The Morgan fingerprint density at radius 3 is 2.79 bits per heavy atom. The average Bonchev–Trinajstić information content (AvgIpc) is 2.38. The predicted molar refractivity (Wildman–Crippen MR) is 72.3 cm³/mol. The number of nitrogens with one attached hydrogen (secondary N) is 1. The molecule has 1 aromatic carbocycles. The lowest BCUT2D eigenvalue weighted by Crippen LogP contribution is -2.20. The summed E-state index contributed by atoms with van der Waals surface area (Å²) in [6.07, 6.45) is 2.70. The van der Waals surface area contributed by atoms with Crippen molar-refractivity contribution in [3.63, 3.8) is 0 Å². The largest absolute Gasteiger partial charge is 0.491 e. The van der Waals surface area contributed by atoms with E-state index in [1.54, 1.807) is 25.2 Å². The molecule has 1 rings (SSSR count). The van der Waals surface area contributed by atoms with Crippen LogP contribution in [0.15, 0.2) is 24.3 Å². The zero-order valence-electron chi connectivity index (χ0n) is 10.4. The Hall–Kier alpha value is -2.01. The third kappa shape index (κ3) is 5.44. The maximum absolute atomic E-state index is 11.0. The fourth-order valence-corrected chi connectivity index (χ4v) is 1.53. The van der Waals surface area contributed by atoms with E-state index in [0.29, 0.717) is 16.3 Å². The quantitative estimate of drug-likeness (QED) is 0.783. The number of hydrogen-bond donors (Lipinski definition) is 2. The van der Waals surface area contributed by atoms with Gasteiger partial charge in [-0.1, -0.05) is 17.7 Å². The molecule has 0 saturated carbocycles. The smallest absolute Gasteiger partial charge is 0.328 e. The van der Waals surface area contributed by atoms with Gasteiger partial charge in [0.05, 0.1) is 18.1 Å². The van der Waals surface area contributed by atoms with Crippen molar-refractivity contribution in [2.75, 3.05) is 13.7 Å². The first-order valence-electron chi connectivity index (χ1n) is 5.57. The van der Waals surface area contributed by atoms with E-state index in [2.05, 4.69) is 5.32 Å². The van der Waals surface area contributed by atoms with Gasteiger partial charge in [-0.2, -0.15) is 0 Å². The van der Waals surface area contributed by atoms with E-state index >= 15 is 0 Å². The van der Waals surface area contributed by atoms with E-state index in [1.807, 2.05) is 0 Å². The van der Waals surface area contributed by atoms with Gasteiger partial charge in [-0.15, -0.1) is 0 Å². The Kier molecular flexibility index (Phi) is 5.89. The first kappa shape index (κ1) is 15.0. The molecule has 0 fully saturated rings. The summed E-state index contributed by atoms with van der Waals surface area (Å²) >= 11 is 5.99. The van der Waals surface area contributed by atoms with Crippen LogP contribution in [0.2, 0.25) is 5.02 Å². The van der Waals surface area contributed by atoms with E-state index in [9.17, 15) is 9.59 Å². The highest BCUT2D eigenvalue weighted by atomic mass is 35.5. The molecule has 0 unspecified atom stereocenters. The monoisotopic (exact) mass is 283 g/mol. The lowest BCUT2D eigenvalue weighted by Gasteiger charge is -2.08. The highest BCUT2D eigenvalue weighted by Gasteiger charge is 2.04. The summed E-state index contributed by atoms with van der Waals surface area (Å²) in [7, 11) is 1.55. The van der Waals surface area contributed by atoms with Gasteiger partial charge in [-0.25, -0.2) is 4.79 Å². The van der Waals surface area contributed by atoms with Crippen molar-refractivity contribution in [2.45, 2.75) is 6.42 Å². The maximum atomic E-state index is 11.0. The van der Waals surface area contributed by atoms with E-state index in [0.717, 1.165) is 6.08 Å². The van der Waals surface area contributed by atoms with Gasteiger partial charge in [0.15, 0.2) is 0 Å². The summed E-state index contributed by atoms with van der Waals surface area (Å²) < 4.78 is 5.36. The van der Waals surface area contributed by atoms with Crippen LogP contribution in [0.4, 0.5) is 0 Å². The van der Waals surface area contributed by atoms with Crippen molar-refractivity contribution < 1.29 is 19.4 Å². The zero-order chi connectivity index (χ0) is 14.3. The molecule has 0 saturated heterocycles. The van der Waals surface area contributed by atoms with E-state index in [1.165, 1.54) is 6.08 Å². The summed E-state index contributed by atoms with van der Waals surface area (Å²) in [6, 6.07) is 4.91. The molecule has 0 aliphatic heterocycles. The minimum absolute atomic E-state index is 0.114. The van der Waals surface area contributed by atoms with Crippen molar-refractivity contribution in [3.8, 4) is 5.75 Å². The van der Waals surface area contributed by atoms with E-state index < -0.39 is 5.97 Å². The standard InChI is InChI=1S/C13H14ClNO4/c1-15-12(16)6-7-19-11-4-2-9(8-10(11)14)3-5-13(17)18/h2-5,8H,6-7H2,1H3,(H,15,16)(H,17,18). The third-order valence-corrected chi connectivity index (χ3v) is 2.54. The summed E-state index contributed by atoms with van der Waals surface area (Å²) in [5.41, 5.74) is 0.658. The van der Waals surface area contributed by atoms with Crippen LogP contribution < -0.4 is 10.1 Å². The predicted octanol–water partition coefficient (Wildman–Crippen LogP) is 1.95. The molecule has 1 amide bonds. The maximum Gasteiger partial charge on any atom is 0.328 e. The molecular formula is C13H14ClNO4. The van der Waals surface area contributed by atoms with Gasteiger partial charge in [0.2, 0.25) is 5.91 Å². The van der Waals surface area contributed by atoms with Gasteiger partial charge in [0.1, 0.15) is 5.75 Å². The number of ether oxygens (including phenoxy) is 1. The van der Waals surface area contributed by atoms with Crippen LogP contribution >= 0.6 is 11.6 Å². The van der Waals surface area contributed by atoms with Gasteiger partial charge in [0.25, 0.3) is 0 Å². The second-order valence-corrected chi connectivity index (χ2v) is 4.04. The molecule has 0 radical (unpaired) electrons. The molecule has 5 nitrogen and oxygen atoms in total. The third-order valence-electron chi connectivity index (χ3n) is 2.24. The molecule has 0 aliphatic carbocycles. The number of carboxylic acids is 1. The second kappa shape index (κ2) is 7.43. The van der Waals surface area contributed by atoms with Crippen molar-refractivity contribution in [1.29, 1.82) is 0 Å². The fraction of sp³-hybridized carbons (Fsp3) is 0.231. The summed E-state index contributed by atoms with van der Waals surface area (Å²) in [5, 5.41) is 11.4. The molecule has 0 heterocycles. The van der Waals surface area contributed by atoms with Gasteiger partial charge >= 0.3 is 5.97 Å². The van der Waals surface area contributed by atoms with Crippen LogP contribution in [0.25, 0.3) is 6.08 Å². The molecule has 19 heavy (non-hydrogen) atoms. The minimum atomic E-state index is -1.03. The number of benzene rings is 1. The SMILES string of the molecule is CNC(=O)CCOc1ccc(C=CC(=O)O)cc1Cl. The Balaban J connectivity index is 2.62. The molecule has 0 spiro atoms. The van der Waals surface area contributed by atoms with E-state index in [4.69, 9.17) is 21.4 Å².